The molecular weight excluding hydrogens is 518 g/mol. The van der Waals surface area contributed by atoms with Crippen LogP contribution in [0.3, 0.4) is 0 Å². The van der Waals surface area contributed by atoms with E-state index in [1.54, 1.807) is 21.1 Å². The Labute approximate surface area is 238 Å². The molecule has 3 fully saturated rings. The molecule has 0 aromatic heterocycles. The molecule has 40 heavy (non-hydrogen) atoms. The van der Waals surface area contributed by atoms with E-state index < -0.39 is 53.7 Å². The van der Waals surface area contributed by atoms with Gasteiger partial charge in [0.15, 0.2) is 0 Å². The van der Waals surface area contributed by atoms with Crippen molar-refractivity contribution in [2.45, 2.75) is 128 Å². The minimum Gasteiger partial charge on any atom is -0.456 e. The van der Waals surface area contributed by atoms with Gasteiger partial charge < -0.3 is 34.1 Å². The number of methoxy groups -OCH3 is 2. The van der Waals surface area contributed by atoms with Gasteiger partial charge in [0.05, 0.1) is 24.4 Å². The number of hydrogen-bond acceptors (Lipinski definition) is 9. The third-order valence-corrected chi connectivity index (χ3v) is 9.00. The van der Waals surface area contributed by atoms with Crippen LogP contribution in [0.4, 0.5) is 0 Å². The molecule has 2 heterocycles. The Balaban J connectivity index is 1.71. The quantitative estimate of drug-likeness (QED) is 0.232. The van der Waals surface area contributed by atoms with Crippen LogP contribution in [0, 0.1) is 11.8 Å². The highest BCUT2D eigenvalue weighted by molar-refractivity contribution is 6.39. The van der Waals surface area contributed by atoms with Crippen molar-refractivity contribution >= 4 is 17.7 Å². The first-order valence-corrected chi connectivity index (χ1v) is 14.9. The van der Waals surface area contributed by atoms with E-state index in [1.807, 2.05) is 20.8 Å². The highest BCUT2D eigenvalue weighted by atomic mass is 16.7. The molecule has 0 aromatic carbocycles. The van der Waals surface area contributed by atoms with Crippen LogP contribution in [0.25, 0.3) is 0 Å². The average Bonchev–Trinajstić information content (AvgIpc) is 2.96. The van der Waals surface area contributed by atoms with E-state index in [0.717, 1.165) is 18.4 Å². The van der Waals surface area contributed by atoms with E-state index in [0.29, 0.717) is 44.9 Å². The van der Waals surface area contributed by atoms with Crippen LogP contribution < -0.4 is 0 Å². The topological polar surface area (TPSA) is 132 Å². The van der Waals surface area contributed by atoms with Gasteiger partial charge in [-0.1, -0.05) is 26.8 Å². The number of nitrogens with zero attached hydrogens (tertiary/aromatic N) is 1. The smallest absolute Gasteiger partial charge is 0.329 e. The summed E-state index contributed by atoms with van der Waals surface area (Å²) in [5, 5.41) is 21.4. The summed E-state index contributed by atoms with van der Waals surface area (Å²) in [6.45, 7) is 7.61. The van der Waals surface area contributed by atoms with Crippen molar-refractivity contribution in [3.05, 3.63) is 11.6 Å². The van der Waals surface area contributed by atoms with Crippen LogP contribution in [0.2, 0.25) is 0 Å². The van der Waals surface area contributed by atoms with Crippen LogP contribution in [-0.4, -0.2) is 95.9 Å². The molecule has 2 N–H and O–H groups in total. The number of piperidine rings is 1. The predicted octanol–water partition coefficient (Wildman–Crippen LogP) is 2.92. The summed E-state index contributed by atoms with van der Waals surface area (Å²) in [7, 11) is 3.16. The van der Waals surface area contributed by atoms with Gasteiger partial charge in [-0.25, -0.2) is 4.79 Å². The number of carbonyl (C=O) groups excluding carboxylic acids is 3. The normalized spacial score (nSPS) is 36.1. The molecule has 10 heteroatoms. The number of aliphatic hydroxyl groups excluding tert-OH is 1. The summed E-state index contributed by atoms with van der Waals surface area (Å²) < 4.78 is 22.6. The maximum atomic E-state index is 13.5. The largest absolute Gasteiger partial charge is 0.456 e. The maximum absolute atomic E-state index is 13.5. The van der Waals surface area contributed by atoms with E-state index in [2.05, 4.69) is 6.08 Å². The van der Waals surface area contributed by atoms with E-state index in [9.17, 15) is 24.6 Å². The lowest BCUT2D eigenvalue weighted by atomic mass is 9.83. The molecule has 9 unspecified atom stereocenters. The first-order valence-electron chi connectivity index (χ1n) is 14.9. The molecule has 3 rings (SSSR count). The first kappa shape index (κ1) is 32.7. The van der Waals surface area contributed by atoms with Gasteiger partial charge in [0, 0.05) is 26.7 Å². The zero-order valence-corrected chi connectivity index (χ0v) is 25.0. The number of aliphatic hydroxyl groups is 2. The molecule has 1 aliphatic carbocycles. The Hall–Kier alpha value is -1.85. The molecule has 0 spiro atoms. The van der Waals surface area contributed by atoms with Crippen molar-refractivity contribution in [3.63, 3.8) is 0 Å². The highest BCUT2D eigenvalue weighted by Crippen LogP contribution is 2.36. The Morgan fingerprint density at radius 2 is 1.77 bits per heavy atom. The second-order valence-corrected chi connectivity index (χ2v) is 11.7. The fourth-order valence-corrected chi connectivity index (χ4v) is 6.40. The number of hydrogen-bond donors (Lipinski definition) is 2. The van der Waals surface area contributed by atoms with Gasteiger partial charge in [-0.05, 0) is 76.2 Å². The maximum Gasteiger partial charge on any atom is 0.329 e. The van der Waals surface area contributed by atoms with Gasteiger partial charge in [-0.2, -0.15) is 0 Å². The van der Waals surface area contributed by atoms with Crippen molar-refractivity contribution < 1.29 is 43.5 Å². The van der Waals surface area contributed by atoms with Gasteiger partial charge in [0.1, 0.15) is 12.1 Å². The molecular formula is C30H49NO9. The minimum absolute atomic E-state index is 0.203. The standard InChI is InChI=1S/C30H49NO9/c1-7-23(18(3)15-20-12-13-22(32)25(17-20)37-5)39-29(35)21-11-9-10-14-31(21)28(34)27(33)30(36)19(4)16-26(38-6)24(8-2)40-30/h15,19-26,32,36H,7-14,16-17H2,1-6H3/b18-15+. The number of amides is 1. The van der Waals surface area contributed by atoms with E-state index in [-0.39, 0.29) is 24.7 Å². The molecule has 0 bridgehead atoms. The molecule has 10 nitrogen and oxygen atoms in total. The average molecular weight is 568 g/mol. The van der Waals surface area contributed by atoms with Crippen molar-refractivity contribution in [1.82, 2.24) is 4.90 Å². The Morgan fingerprint density at radius 1 is 1.07 bits per heavy atom. The van der Waals surface area contributed by atoms with Gasteiger partial charge in [0.25, 0.3) is 11.7 Å². The lowest BCUT2D eigenvalue weighted by Gasteiger charge is -2.44. The first-order chi connectivity index (χ1) is 19.0. The summed E-state index contributed by atoms with van der Waals surface area (Å²) in [5.74, 6) is -5.27. The van der Waals surface area contributed by atoms with Crippen LogP contribution in [0.1, 0.15) is 85.5 Å². The van der Waals surface area contributed by atoms with Crippen molar-refractivity contribution in [1.29, 1.82) is 0 Å². The minimum atomic E-state index is -2.28. The second kappa shape index (κ2) is 14.4. The third-order valence-electron chi connectivity index (χ3n) is 9.00. The number of ketones is 1. The number of allylic oxidation sites excluding steroid dienone is 1. The van der Waals surface area contributed by atoms with Crippen LogP contribution >= 0.6 is 0 Å². The Morgan fingerprint density at radius 3 is 2.40 bits per heavy atom. The number of carbonyl (C=O) groups is 3. The Kier molecular flexibility index (Phi) is 11.7. The molecule has 3 aliphatic rings. The molecule has 9 atom stereocenters. The van der Waals surface area contributed by atoms with E-state index in [4.69, 9.17) is 18.9 Å². The highest BCUT2D eigenvalue weighted by Gasteiger charge is 2.54. The molecule has 228 valence electrons. The molecule has 1 saturated carbocycles. The van der Waals surface area contributed by atoms with Gasteiger partial charge >= 0.3 is 5.97 Å². The Bertz CT molecular complexity index is 923. The SMILES string of the molecule is CCC(OC(=O)C1CCCCN1C(=O)C(=O)C1(O)OC(CC)C(OC)CC1C)/C(C)=C/C1CCC(O)C(OC)C1. The van der Waals surface area contributed by atoms with Crippen LogP contribution in [-0.2, 0) is 33.3 Å². The summed E-state index contributed by atoms with van der Waals surface area (Å²) in [4.78, 5) is 41.6. The fraction of sp³-hybridized carbons (Fsp3) is 0.833. The van der Waals surface area contributed by atoms with Gasteiger partial charge in [0.2, 0.25) is 5.79 Å². The monoisotopic (exact) mass is 567 g/mol. The van der Waals surface area contributed by atoms with Crippen molar-refractivity contribution in [2.24, 2.45) is 11.8 Å². The van der Waals surface area contributed by atoms with E-state index in [1.165, 1.54) is 4.90 Å². The van der Waals surface area contributed by atoms with Crippen molar-refractivity contribution in [2.75, 3.05) is 20.8 Å². The van der Waals surface area contributed by atoms with E-state index >= 15 is 0 Å². The summed E-state index contributed by atoms with van der Waals surface area (Å²) in [5.41, 5.74) is 0.911. The van der Waals surface area contributed by atoms with Crippen LogP contribution in [0.15, 0.2) is 11.6 Å². The zero-order chi connectivity index (χ0) is 29.6. The summed E-state index contributed by atoms with van der Waals surface area (Å²) in [6.07, 6.45) is 5.45. The summed E-state index contributed by atoms with van der Waals surface area (Å²) in [6, 6.07) is -0.911. The lowest BCUT2D eigenvalue weighted by molar-refractivity contribution is -0.286. The zero-order valence-electron chi connectivity index (χ0n) is 25.0. The molecule has 0 radical (unpaired) electrons. The van der Waals surface area contributed by atoms with Gasteiger partial charge in [-0.3, -0.25) is 9.59 Å². The number of rotatable bonds is 10. The van der Waals surface area contributed by atoms with Crippen molar-refractivity contribution in [3.8, 4) is 0 Å². The number of ether oxygens (including phenoxy) is 4. The number of Topliss-reactive ketones (excluding diaryl/α,β-unsaturated/α-hetero) is 1. The molecule has 0 aromatic rings. The fourth-order valence-electron chi connectivity index (χ4n) is 6.40. The molecule has 2 aliphatic heterocycles. The molecule has 1 amide bonds. The van der Waals surface area contributed by atoms with Crippen LogP contribution in [0.5, 0.6) is 0 Å². The predicted molar refractivity (Wildman–Crippen MR) is 147 cm³/mol. The molecule has 2 saturated heterocycles. The second-order valence-electron chi connectivity index (χ2n) is 11.7. The van der Waals surface area contributed by atoms with Gasteiger partial charge in [-0.15, -0.1) is 0 Å². The summed E-state index contributed by atoms with van der Waals surface area (Å²) >= 11 is 0. The third kappa shape index (κ3) is 7.13. The lowest BCUT2D eigenvalue weighted by Crippen LogP contribution is -2.62. The number of esters is 1. The number of likely N-dealkylation sites (tertiary alicyclic amines) is 1.